The van der Waals surface area contributed by atoms with Gasteiger partial charge in [-0.25, -0.2) is 4.39 Å². The van der Waals surface area contributed by atoms with Crippen molar-refractivity contribution in [1.82, 2.24) is 10.2 Å². The normalized spacial score (nSPS) is 22.0. The molecule has 22 heavy (non-hydrogen) atoms. The molecule has 2 rings (SSSR count). The molecule has 1 aliphatic heterocycles. The Morgan fingerprint density at radius 3 is 2.73 bits per heavy atom. The van der Waals surface area contributed by atoms with E-state index in [1.807, 2.05) is 6.07 Å². The first-order valence-electron chi connectivity index (χ1n) is 7.17. The molecule has 0 spiro atoms. The maximum absolute atomic E-state index is 13.8. The number of alkyl halides is 1. The minimum atomic E-state index is -1.94. The van der Waals surface area contributed by atoms with Crippen LogP contribution in [0.3, 0.4) is 0 Å². The van der Waals surface area contributed by atoms with E-state index in [0.717, 1.165) is 0 Å². The molecule has 0 bridgehead atoms. The van der Waals surface area contributed by atoms with Crippen molar-refractivity contribution < 1.29 is 14.0 Å². The topological polar surface area (TPSA) is 73.2 Å². The van der Waals surface area contributed by atoms with Gasteiger partial charge in [0, 0.05) is 31.0 Å². The van der Waals surface area contributed by atoms with Gasteiger partial charge in [-0.2, -0.15) is 5.26 Å². The second-order valence-corrected chi connectivity index (χ2v) is 5.59. The molecule has 0 radical (unpaired) electrons. The molecule has 1 aliphatic rings. The average Bonchev–Trinajstić information content (AvgIpc) is 2.91. The van der Waals surface area contributed by atoms with Crippen molar-refractivity contribution in [3.05, 3.63) is 35.9 Å². The standard InChI is InChI=1S/C16H18FN3O2/c1-12(19-15(22)13-5-3-2-4-6-13)9-14(21)20-8-7-16(17,10-18)11-20/h2-6,12H,7-9,11H2,1H3,(H,19,22). The molecule has 6 heteroatoms. The molecule has 1 aromatic carbocycles. The highest BCUT2D eigenvalue weighted by atomic mass is 19.1. The van der Waals surface area contributed by atoms with Gasteiger partial charge in [0.25, 0.3) is 5.91 Å². The molecule has 1 fully saturated rings. The van der Waals surface area contributed by atoms with Crippen molar-refractivity contribution in [2.45, 2.75) is 31.5 Å². The molecule has 5 nitrogen and oxygen atoms in total. The van der Waals surface area contributed by atoms with Gasteiger partial charge >= 0.3 is 0 Å². The fourth-order valence-corrected chi connectivity index (χ4v) is 2.42. The van der Waals surface area contributed by atoms with Crippen LogP contribution in [0.25, 0.3) is 0 Å². The number of halogens is 1. The first-order valence-corrected chi connectivity index (χ1v) is 7.17. The summed E-state index contributed by atoms with van der Waals surface area (Å²) in [5, 5.41) is 11.5. The first-order chi connectivity index (χ1) is 10.4. The Labute approximate surface area is 128 Å². The maximum atomic E-state index is 13.8. The number of hydrogen-bond donors (Lipinski definition) is 1. The van der Waals surface area contributed by atoms with Crippen LogP contribution in [0.5, 0.6) is 0 Å². The van der Waals surface area contributed by atoms with E-state index in [1.165, 1.54) is 4.90 Å². The lowest BCUT2D eigenvalue weighted by Crippen LogP contribution is -2.39. The summed E-state index contributed by atoms with van der Waals surface area (Å²) >= 11 is 0. The summed E-state index contributed by atoms with van der Waals surface area (Å²) in [6, 6.07) is 9.95. The number of nitrogens with one attached hydrogen (secondary N) is 1. The van der Waals surface area contributed by atoms with Crippen LogP contribution in [0.2, 0.25) is 0 Å². The molecular formula is C16H18FN3O2. The predicted octanol–water partition coefficient (Wildman–Crippen LogP) is 1.66. The largest absolute Gasteiger partial charge is 0.349 e. The fourth-order valence-electron chi connectivity index (χ4n) is 2.42. The lowest BCUT2D eigenvalue weighted by atomic mass is 10.1. The zero-order valence-electron chi connectivity index (χ0n) is 12.4. The summed E-state index contributed by atoms with van der Waals surface area (Å²) in [6.07, 6.45) is 0.125. The van der Waals surface area contributed by atoms with Crippen molar-refractivity contribution in [1.29, 1.82) is 5.26 Å². The Balaban J connectivity index is 1.85. The monoisotopic (exact) mass is 303 g/mol. The molecule has 2 amide bonds. The van der Waals surface area contributed by atoms with Crippen molar-refractivity contribution in [3.8, 4) is 6.07 Å². The summed E-state index contributed by atoms with van der Waals surface area (Å²) in [5.41, 5.74) is -1.41. The Bertz CT molecular complexity index is 599. The first kappa shape index (κ1) is 16.0. The molecule has 1 heterocycles. The third-order valence-corrected chi connectivity index (χ3v) is 3.67. The van der Waals surface area contributed by atoms with Crippen LogP contribution in [-0.2, 0) is 4.79 Å². The predicted molar refractivity (Wildman–Crippen MR) is 78.6 cm³/mol. The molecule has 0 saturated carbocycles. The van der Waals surface area contributed by atoms with Gasteiger partial charge in [-0.05, 0) is 19.1 Å². The van der Waals surface area contributed by atoms with E-state index in [4.69, 9.17) is 5.26 Å². The van der Waals surface area contributed by atoms with Gasteiger partial charge in [0.15, 0.2) is 0 Å². The highest BCUT2D eigenvalue weighted by molar-refractivity contribution is 5.94. The van der Waals surface area contributed by atoms with Crippen LogP contribution < -0.4 is 5.32 Å². The van der Waals surface area contributed by atoms with Crippen molar-refractivity contribution in [2.75, 3.05) is 13.1 Å². The Hall–Kier alpha value is -2.42. The highest BCUT2D eigenvalue weighted by Gasteiger charge is 2.40. The number of hydrogen-bond acceptors (Lipinski definition) is 3. The van der Waals surface area contributed by atoms with Crippen LogP contribution in [-0.4, -0.2) is 41.5 Å². The molecule has 1 aromatic rings. The number of nitrogens with zero attached hydrogens (tertiary/aromatic N) is 2. The van der Waals surface area contributed by atoms with Gasteiger partial charge < -0.3 is 10.2 Å². The van der Waals surface area contributed by atoms with E-state index in [2.05, 4.69) is 5.32 Å². The fraction of sp³-hybridized carbons (Fsp3) is 0.438. The van der Waals surface area contributed by atoms with E-state index in [9.17, 15) is 14.0 Å². The summed E-state index contributed by atoms with van der Waals surface area (Å²) in [7, 11) is 0. The molecule has 0 aliphatic carbocycles. The smallest absolute Gasteiger partial charge is 0.251 e. The maximum Gasteiger partial charge on any atom is 0.251 e. The lowest BCUT2D eigenvalue weighted by Gasteiger charge is -2.20. The second-order valence-electron chi connectivity index (χ2n) is 5.59. The number of carbonyl (C=O) groups excluding carboxylic acids is 2. The van der Waals surface area contributed by atoms with Crippen LogP contribution >= 0.6 is 0 Å². The van der Waals surface area contributed by atoms with Crippen molar-refractivity contribution in [3.63, 3.8) is 0 Å². The van der Waals surface area contributed by atoms with Crippen LogP contribution in [0.15, 0.2) is 30.3 Å². The van der Waals surface area contributed by atoms with Gasteiger partial charge in [0.05, 0.1) is 6.54 Å². The van der Waals surface area contributed by atoms with Crippen molar-refractivity contribution in [2.24, 2.45) is 0 Å². The number of amides is 2. The minimum absolute atomic E-state index is 0.0417. The van der Waals surface area contributed by atoms with Gasteiger partial charge in [0.2, 0.25) is 11.6 Å². The van der Waals surface area contributed by atoms with Gasteiger partial charge in [-0.15, -0.1) is 0 Å². The number of benzene rings is 1. The number of rotatable bonds is 4. The second kappa shape index (κ2) is 6.56. The van der Waals surface area contributed by atoms with E-state index >= 15 is 0 Å². The third kappa shape index (κ3) is 3.82. The lowest BCUT2D eigenvalue weighted by molar-refractivity contribution is -0.130. The highest BCUT2D eigenvalue weighted by Crippen LogP contribution is 2.25. The van der Waals surface area contributed by atoms with E-state index < -0.39 is 5.67 Å². The number of nitriles is 1. The van der Waals surface area contributed by atoms with E-state index in [1.54, 1.807) is 37.3 Å². The van der Waals surface area contributed by atoms with Gasteiger partial charge in [-0.1, -0.05) is 18.2 Å². The van der Waals surface area contributed by atoms with Crippen LogP contribution in [0.4, 0.5) is 4.39 Å². The zero-order valence-corrected chi connectivity index (χ0v) is 12.4. The molecule has 2 atom stereocenters. The van der Waals surface area contributed by atoms with Gasteiger partial charge in [0.1, 0.15) is 6.07 Å². The SMILES string of the molecule is CC(CC(=O)N1CCC(F)(C#N)C1)NC(=O)c1ccccc1. The molecular weight excluding hydrogens is 285 g/mol. The van der Waals surface area contributed by atoms with Gasteiger partial charge in [-0.3, -0.25) is 9.59 Å². The quantitative estimate of drug-likeness (QED) is 0.919. The Morgan fingerprint density at radius 1 is 1.45 bits per heavy atom. The molecule has 0 aromatic heterocycles. The van der Waals surface area contributed by atoms with Crippen molar-refractivity contribution >= 4 is 11.8 Å². The van der Waals surface area contributed by atoms with E-state index in [-0.39, 0.29) is 43.8 Å². The molecule has 1 N–H and O–H groups in total. The van der Waals surface area contributed by atoms with Crippen LogP contribution in [0.1, 0.15) is 30.1 Å². The molecule has 1 saturated heterocycles. The average molecular weight is 303 g/mol. The molecule has 2 unspecified atom stereocenters. The summed E-state index contributed by atoms with van der Waals surface area (Å²) < 4.78 is 13.8. The summed E-state index contributed by atoms with van der Waals surface area (Å²) in [4.78, 5) is 25.4. The Morgan fingerprint density at radius 2 is 2.14 bits per heavy atom. The van der Waals surface area contributed by atoms with E-state index in [0.29, 0.717) is 5.56 Å². The number of likely N-dealkylation sites (tertiary alicyclic amines) is 1. The summed E-state index contributed by atoms with van der Waals surface area (Å²) in [6.45, 7) is 1.77. The van der Waals surface area contributed by atoms with Crippen LogP contribution in [0, 0.1) is 11.3 Å². The zero-order chi connectivity index (χ0) is 16.2. The summed E-state index contributed by atoms with van der Waals surface area (Å²) in [5.74, 6) is -0.505. The number of carbonyl (C=O) groups is 2. The third-order valence-electron chi connectivity index (χ3n) is 3.67. The Kier molecular flexibility index (Phi) is 4.76. The molecule has 116 valence electrons. The minimum Gasteiger partial charge on any atom is -0.349 e.